The van der Waals surface area contributed by atoms with Crippen LogP contribution in [0.2, 0.25) is 0 Å². The van der Waals surface area contributed by atoms with Crippen LogP contribution in [0.15, 0.2) is 36.7 Å². The van der Waals surface area contributed by atoms with Crippen molar-refractivity contribution in [3.05, 3.63) is 53.3 Å². The first-order valence-corrected chi connectivity index (χ1v) is 6.68. The minimum Gasteiger partial charge on any atom is -0.385 e. The van der Waals surface area contributed by atoms with Crippen molar-refractivity contribution in [3.63, 3.8) is 0 Å². The smallest absolute Gasteiger partial charge is 0.257 e. The predicted molar refractivity (Wildman–Crippen MR) is 82.3 cm³/mol. The fourth-order valence-corrected chi connectivity index (χ4v) is 1.98. The molecule has 0 aliphatic carbocycles. The van der Waals surface area contributed by atoms with Gasteiger partial charge in [-0.15, -0.1) is 0 Å². The highest BCUT2D eigenvalue weighted by atomic mass is 16.1. The Morgan fingerprint density at radius 2 is 2.00 bits per heavy atom. The number of amides is 1. The molecule has 1 aromatic carbocycles. The van der Waals surface area contributed by atoms with Crippen molar-refractivity contribution in [3.8, 4) is 0 Å². The van der Waals surface area contributed by atoms with Crippen LogP contribution in [0.3, 0.4) is 0 Å². The van der Waals surface area contributed by atoms with Gasteiger partial charge in [-0.1, -0.05) is 6.07 Å². The second kappa shape index (κ2) is 6.19. The van der Waals surface area contributed by atoms with Crippen molar-refractivity contribution >= 4 is 17.3 Å². The van der Waals surface area contributed by atoms with Crippen LogP contribution in [0.25, 0.3) is 0 Å². The summed E-state index contributed by atoms with van der Waals surface area (Å²) in [5.74, 6) is -0.128. The summed E-state index contributed by atoms with van der Waals surface area (Å²) in [5, 5.41) is 6.13. The lowest BCUT2D eigenvalue weighted by molar-refractivity contribution is 0.102. The van der Waals surface area contributed by atoms with E-state index in [9.17, 15) is 4.79 Å². The van der Waals surface area contributed by atoms with E-state index in [1.54, 1.807) is 12.4 Å². The molecule has 0 bridgehead atoms. The molecule has 0 saturated carbocycles. The molecule has 2 rings (SSSR count). The molecule has 0 unspecified atom stereocenters. The Kier molecular flexibility index (Phi) is 4.35. The number of rotatable bonds is 4. The molecule has 0 radical (unpaired) electrons. The SMILES string of the molecule is CCNc1cc(C)ccc1C(=O)Nc1cnccc1C. The molecular weight excluding hydrogens is 250 g/mol. The first kappa shape index (κ1) is 14.1. The molecular formula is C16H19N3O. The molecule has 0 saturated heterocycles. The summed E-state index contributed by atoms with van der Waals surface area (Å²) < 4.78 is 0. The van der Waals surface area contributed by atoms with Crippen LogP contribution in [0, 0.1) is 13.8 Å². The fourth-order valence-electron chi connectivity index (χ4n) is 1.98. The molecule has 0 fully saturated rings. The number of aromatic nitrogens is 1. The Morgan fingerprint density at radius 1 is 1.20 bits per heavy atom. The summed E-state index contributed by atoms with van der Waals surface area (Å²) in [6, 6.07) is 7.63. The monoisotopic (exact) mass is 269 g/mol. The largest absolute Gasteiger partial charge is 0.385 e. The molecule has 2 aromatic rings. The van der Waals surface area contributed by atoms with Crippen LogP contribution in [-0.2, 0) is 0 Å². The Labute approximate surface area is 119 Å². The Morgan fingerprint density at radius 3 is 2.70 bits per heavy atom. The van der Waals surface area contributed by atoms with E-state index >= 15 is 0 Å². The molecule has 0 aliphatic heterocycles. The van der Waals surface area contributed by atoms with Crippen molar-refractivity contribution in [1.29, 1.82) is 0 Å². The number of anilines is 2. The van der Waals surface area contributed by atoms with Crippen LogP contribution in [0.5, 0.6) is 0 Å². The average molecular weight is 269 g/mol. The minimum absolute atomic E-state index is 0.128. The third kappa shape index (κ3) is 3.15. The Hall–Kier alpha value is -2.36. The van der Waals surface area contributed by atoms with Gasteiger partial charge in [0.2, 0.25) is 0 Å². The van der Waals surface area contributed by atoms with Crippen LogP contribution >= 0.6 is 0 Å². The average Bonchev–Trinajstić information content (AvgIpc) is 2.42. The number of benzene rings is 1. The molecule has 0 aliphatic rings. The number of nitrogens with zero attached hydrogens (tertiary/aromatic N) is 1. The number of hydrogen-bond acceptors (Lipinski definition) is 3. The van der Waals surface area contributed by atoms with Crippen molar-refractivity contribution < 1.29 is 4.79 Å². The summed E-state index contributed by atoms with van der Waals surface area (Å²) in [7, 11) is 0. The van der Waals surface area contributed by atoms with Crippen LogP contribution in [0.4, 0.5) is 11.4 Å². The third-order valence-electron chi connectivity index (χ3n) is 3.07. The van der Waals surface area contributed by atoms with Gasteiger partial charge >= 0.3 is 0 Å². The van der Waals surface area contributed by atoms with Gasteiger partial charge in [0.05, 0.1) is 17.4 Å². The molecule has 1 heterocycles. The summed E-state index contributed by atoms with van der Waals surface area (Å²) in [6.45, 7) is 6.73. The number of hydrogen-bond donors (Lipinski definition) is 2. The van der Waals surface area contributed by atoms with Gasteiger partial charge in [0.25, 0.3) is 5.91 Å². The van der Waals surface area contributed by atoms with Gasteiger partial charge in [-0.05, 0) is 50.1 Å². The summed E-state index contributed by atoms with van der Waals surface area (Å²) in [5.41, 5.74) is 4.34. The number of carbonyl (C=O) groups excluding carboxylic acids is 1. The van der Waals surface area contributed by atoms with Crippen LogP contribution in [0.1, 0.15) is 28.4 Å². The van der Waals surface area contributed by atoms with Crippen molar-refractivity contribution in [2.45, 2.75) is 20.8 Å². The molecule has 4 nitrogen and oxygen atoms in total. The Balaban J connectivity index is 2.27. The topological polar surface area (TPSA) is 54.0 Å². The lowest BCUT2D eigenvalue weighted by atomic mass is 10.1. The van der Waals surface area contributed by atoms with Crippen molar-refractivity contribution in [2.24, 2.45) is 0 Å². The standard InChI is InChI=1S/C16H19N3O/c1-4-18-14-9-11(2)5-6-13(14)16(20)19-15-10-17-8-7-12(15)3/h5-10,18H,4H2,1-3H3,(H,19,20). The highest BCUT2D eigenvalue weighted by Crippen LogP contribution is 2.20. The molecule has 1 amide bonds. The van der Waals surface area contributed by atoms with E-state index in [-0.39, 0.29) is 5.91 Å². The maximum absolute atomic E-state index is 12.4. The highest BCUT2D eigenvalue weighted by molar-refractivity contribution is 6.08. The number of nitrogens with one attached hydrogen (secondary N) is 2. The number of carbonyl (C=O) groups is 1. The van der Waals surface area contributed by atoms with E-state index in [0.29, 0.717) is 5.56 Å². The molecule has 4 heteroatoms. The predicted octanol–water partition coefficient (Wildman–Crippen LogP) is 3.38. The maximum Gasteiger partial charge on any atom is 0.257 e. The zero-order chi connectivity index (χ0) is 14.5. The first-order valence-electron chi connectivity index (χ1n) is 6.68. The van der Waals surface area contributed by atoms with Crippen molar-refractivity contribution in [1.82, 2.24) is 4.98 Å². The number of aryl methyl sites for hydroxylation is 2. The molecule has 104 valence electrons. The van der Waals surface area contributed by atoms with E-state index < -0.39 is 0 Å². The fraction of sp³-hybridized carbons (Fsp3) is 0.250. The van der Waals surface area contributed by atoms with Crippen molar-refractivity contribution in [2.75, 3.05) is 17.2 Å². The molecule has 20 heavy (non-hydrogen) atoms. The second-order valence-electron chi connectivity index (χ2n) is 4.72. The molecule has 1 aromatic heterocycles. The van der Waals surface area contributed by atoms with E-state index in [1.807, 2.05) is 45.0 Å². The minimum atomic E-state index is -0.128. The van der Waals surface area contributed by atoms with Gasteiger partial charge in [-0.2, -0.15) is 0 Å². The van der Waals surface area contributed by atoms with Gasteiger partial charge in [0.1, 0.15) is 0 Å². The number of pyridine rings is 1. The van der Waals surface area contributed by atoms with Gasteiger partial charge in [0.15, 0.2) is 0 Å². The normalized spacial score (nSPS) is 10.2. The first-order chi connectivity index (χ1) is 9.61. The van der Waals surface area contributed by atoms with Gasteiger partial charge < -0.3 is 10.6 Å². The van der Waals surface area contributed by atoms with Gasteiger partial charge in [-0.25, -0.2) is 0 Å². The Bertz CT molecular complexity index is 623. The molecule has 0 spiro atoms. The summed E-state index contributed by atoms with van der Waals surface area (Å²) >= 11 is 0. The molecule has 0 atom stereocenters. The van der Waals surface area contributed by atoms with E-state index in [1.165, 1.54) is 0 Å². The quantitative estimate of drug-likeness (QED) is 0.894. The lowest BCUT2D eigenvalue weighted by Crippen LogP contribution is -2.15. The van der Waals surface area contributed by atoms with Crippen LogP contribution in [-0.4, -0.2) is 17.4 Å². The zero-order valence-corrected chi connectivity index (χ0v) is 12.0. The van der Waals surface area contributed by atoms with Gasteiger partial charge in [-0.3, -0.25) is 9.78 Å². The van der Waals surface area contributed by atoms with Gasteiger partial charge in [0, 0.05) is 18.4 Å². The summed E-state index contributed by atoms with van der Waals surface area (Å²) in [6.07, 6.45) is 3.37. The maximum atomic E-state index is 12.4. The van der Waals surface area contributed by atoms with E-state index in [2.05, 4.69) is 15.6 Å². The lowest BCUT2D eigenvalue weighted by Gasteiger charge is -2.13. The second-order valence-corrected chi connectivity index (χ2v) is 4.72. The highest BCUT2D eigenvalue weighted by Gasteiger charge is 2.12. The van der Waals surface area contributed by atoms with Crippen LogP contribution < -0.4 is 10.6 Å². The van der Waals surface area contributed by atoms with E-state index in [0.717, 1.165) is 29.0 Å². The zero-order valence-electron chi connectivity index (χ0n) is 12.0. The third-order valence-corrected chi connectivity index (χ3v) is 3.07. The van der Waals surface area contributed by atoms with E-state index in [4.69, 9.17) is 0 Å². The molecule has 2 N–H and O–H groups in total. The summed E-state index contributed by atoms with van der Waals surface area (Å²) in [4.78, 5) is 16.4.